The Morgan fingerprint density at radius 2 is 1.86 bits per heavy atom. The molecule has 0 saturated carbocycles. The fourth-order valence-electron chi connectivity index (χ4n) is 2.78. The van der Waals surface area contributed by atoms with Gasteiger partial charge in [-0.1, -0.05) is 20.8 Å². The van der Waals surface area contributed by atoms with E-state index in [4.69, 9.17) is 14.3 Å². The number of carboxylic acids is 1. The van der Waals surface area contributed by atoms with E-state index in [1.807, 2.05) is 33.9 Å². The molecular formula is C17H33NO9Si. The molecule has 1 saturated heterocycles. The van der Waals surface area contributed by atoms with Crippen molar-refractivity contribution in [1.82, 2.24) is 5.32 Å². The van der Waals surface area contributed by atoms with Crippen LogP contribution in [0.15, 0.2) is 0 Å². The number of rotatable bonds is 7. The van der Waals surface area contributed by atoms with Crippen LogP contribution in [0.4, 0.5) is 0 Å². The van der Waals surface area contributed by atoms with Crippen LogP contribution in [0.2, 0.25) is 18.1 Å². The fraction of sp³-hybridized carbons (Fsp3) is 0.882. The van der Waals surface area contributed by atoms with E-state index in [1.54, 1.807) is 0 Å². The van der Waals surface area contributed by atoms with E-state index in [0.29, 0.717) is 0 Å². The van der Waals surface area contributed by atoms with Crippen LogP contribution in [0.1, 0.15) is 34.1 Å². The largest absolute Gasteiger partial charge is 0.477 e. The van der Waals surface area contributed by atoms with Crippen LogP contribution in [0.3, 0.4) is 0 Å². The first-order valence-electron chi connectivity index (χ1n) is 9.11. The number of amides is 1. The van der Waals surface area contributed by atoms with Gasteiger partial charge in [0.2, 0.25) is 5.91 Å². The summed E-state index contributed by atoms with van der Waals surface area (Å²) in [5, 5.41) is 51.6. The summed E-state index contributed by atoms with van der Waals surface area (Å²) in [6.45, 7) is 10.1. The lowest BCUT2D eigenvalue weighted by Gasteiger charge is -2.49. The maximum Gasteiger partial charge on any atom is 0.364 e. The second kappa shape index (κ2) is 8.74. The molecule has 1 amide bonds. The van der Waals surface area contributed by atoms with E-state index in [1.165, 1.54) is 6.92 Å². The SMILES string of the molecule is CC(=O)N[C@H]1[C@H]([C@H](O)[C@H](O)CO)O[C@](O)(C(=O)O)C[C@@H]1O[Si](C)(C)C(C)(C)C. The van der Waals surface area contributed by atoms with Crippen LogP contribution >= 0.6 is 0 Å². The van der Waals surface area contributed by atoms with Crippen LogP contribution in [0.25, 0.3) is 0 Å². The molecule has 0 aliphatic carbocycles. The summed E-state index contributed by atoms with van der Waals surface area (Å²) in [6, 6.07) is -1.05. The number of carboxylic acid groups (broad SMARTS) is 1. The third-order valence-electron chi connectivity index (χ3n) is 5.44. The molecule has 1 heterocycles. The Kier molecular flexibility index (Phi) is 7.79. The number of nitrogens with one attached hydrogen (secondary N) is 1. The number of aliphatic hydroxyl groups is 4. The summed E-state index contributed by atoms with van der Waals surface area (Å²) in [4.78, 5) is 23.4. The first kappa shape index (κ1) is 25.0. The highest BCUT2D eigenvalue weighted by atomic mass is 28.4. The van der Waals surface area contributed by atoms with Gasteiger partial charge in [0.05, 0.1) is 18.8 Å². The summed E-state index contributed by atoms with van der Waals surface area (Å²) < 4.78 is 11.5. The molecule has 6 atom stereocenters. The molecule has 11 heteroatoms. The van der Waals surface area contributed by atoms with Gasteiger partial charge >= 0.3 is 5.97 Å². The second-order valence-corrected chi connectivity index (χ2v) is 13.5. The van der Waals surface area contributed by atoms with Crippen molar-refractivity contribution in [3.8, 4) is 0 Å². The quantitative estimate of drug-likeness (QED) is 0.286. The van der Waals surface area contributed by atoms with Crippen molar-refractivity contribution >= 4 is 20.2 Å². The van der Waals surface area contributed by atoms with Gasteiger partial charge in [-0.05, 0) is 18.1 Å². The van der Waals surface area contributed by atoms with E-state index in [0.717, 1.165) is 0 Å². The second-order valence-electron chi connectivity index (χ2n) is 8.76. The molecule has 0 aromatic carbocycles. The lowest BCUT2D eigenvalue weighted by atomic mass is 9.88. The predicted molar refractivity (Wildman–Crippen MR) is 101 cm³/mol. The third-order valence-corrected chi connectivity index (χ3v) is 9.94. The van der Waals surface area contributed by atoms with Crippen LogP contribution in [0.5, 0.6) is 0 Å². The normalized spacial score (nSPS) is 31.1. The lowest BCUT2D eigenvalue weighted by molar-refractivity contribution is -0.293. The van der Waals surface area contributed by atoms with Gasteiger partial charge in [-0.15, -0.1) is 0 Å². The summed E-state index contributed by atoms with van der Waals surface area (Å²) in [7, 11) is -2.49. The minimum Gasteiger partial charge on any atom is -0.477 e. The number of carbonyl (C=O) groups excluding carboxylic acids is 1. The Balaban J connectivity index is 3.40. The Bertz CT molecular complexity index is 579. The number of carbonyl (C=O) groups is 2. The number of aliphatic carboxylic acids is 1. The van der Waals surface area contributed by atoms with Crippen LogP contribution in [-0.4, -0.2) is 88.6 Å². The fourth-order valence-corrected chi connectivity index (χ4v) is 4.12. The van der Waals surface area contributed by atoms with Gasteiger partial charge < -0.3 is 40.0 Å². The first-order chi connectivity index (χ1) is 12.6. The average Bonchev–Trinajstić information content (AvgIpc) is 2.53. The Morgan fingerprint density at radius 1 is 1.32 bits per heavy atom. The summed E-state index contributed by atoms with van der Waals surface area (Å²) in [5.74, 6) is -4.87. The molecular weight excluding hydrogens is 390 g/mol. The standard InChI is InChI=1S/C17H33NO9Si/c1-9(20)18-12-11(27-28(5,6)16(2,3)4)7-17(25,15(23)24)26-14(12)13(22)10(21)8-19/h10-14,19,21-22,25H,7-8H2,1-6H3,(H,18,20)(H,23,24)/t10-,11+,12-,13-,14-,17+/m1/s1. The molecule has 0 aromatic heterocycles. The zero-order valence-corrected chi connectivity index (χ0v) is 18.2. The number of ether oxygens (including phenoxy) is 1. The number of aliphatic hydroxyl groups excluding tert-OH is 3. The average molecular weight is 424 g/mol. The zero-order chi connectivity index (χ0) is 22.1. The summed E-state index contributed by atoms with van der Waals surface area (Å²) in [6.07, 6.45) is -6.48. The molecule has 6 N–H and O–H groups in total. The maximum atomic E-state index is 11.7. The minimum atomic E-state index is -2.69. The number of hydrogen-bond acceptors (Lipinski definition) is 8. The molecule has 28 heavy (non-hydrogen) atoms. The van der Waals surface area contributed by atoms with Crippen molar-refractivity contribution < 1.29 is 44.3 Å². The molecule has 0 unspecified atom stereocenters. The van der Waals surface area contributed by atoms with Gasteiger partial charge in [-0.3, -0.25) is 4.79 Å². The molecule has 1 aliphatic heterocycles. The molecule has 164 valence electrons. The molecule has 0 spiro atoms. The van der Waals surface area contributed by atoms with E-state index in [2.05, 4.69) is 5.32 Å². The first-order valence-corrected chi connectivity index (χ1v) is 12.0. The lowest BCUT2D eigenvalue weighted by Crippen LogP contribution is -2.69. The van der Waals surface area contributed by atoms with Crippen LogP contribution in [0, 0.1) is 0 Å². The van der Waals surface area contributed by atoms with Crippen molar-refractivity contribution in [2.45, 2.75) is 88.5 Å². The van der Waals surface area contributed by atoms with E-state index in [9.17, 15) is 30.0 Å². The van der Waals surface area contributed by atoms with Gasteiger partial charge in [0, 0.05) is 13.3 Å². The third kappa shape index (κ3) is 5.50. The summed E-state index contributed by atoms with van der Waals surface area (Å²) >= 11 is 0. The van der Waals surface area contributed by atoms with Crippen molar-refractivity contribution in [3.05, 3.63) is 0 Å². The smallest absolute Gasteiger partial charge is 0.364 e. The van der Waals surface area contributed by atoms with Crippen molar-refractivity contribution in [3.63, 3.8) is 0 Å². The Labute approximate surface area is 165 Å². The van der Waals surface area contributed by atoms with E-state index >= 15 is 0 Å². The molecule has 0 aromatic rings. The van der Waals surface area contributed by atoms with Gasteiger partial charge in [0.25, 0.3) is 5.79 Å². The number of hydrogen-bond donors (Lipinski definition) is 6. The minimum absolute atomic E-state index is 0.258. The van der Waals surface area contributed by atoms with Crippen molar-refractivity contribution in [2.24, 2.45) is 0 Å². The Hall–Kier alpha value is -1.08. The van der Waals surface area contributed by atoms with E-state index < -0.39 is 69.5 Å². The van der Waals surface area contributed by atoms with Gasteiger partial charge in [0.1, 0.15) is 18.3 Å². The highest BCUT2D eigenvalue weighted by Gasteiger charge is 2.56. The highest BCUT2D eigenvalue weighted by molar-refractivity contribution is 6.74. The molecule has 1 rings (SSSR count). The molecule has 1 aliphatic rings. The van der Waals surface area contributed by atoms with Crippen LogP contribution < -0.4 is 5.32 Å². The zero-order valence-electron chi connectivity index (χ0n) is 17.2. The maximum absolute atomic E-state index is 11.7. The summed E-state index contributed by atoms with van der Waals surface area (Å²) in [5.41, 5.74) is 0. The molecule has 10 nitrogen and oxygen atoms in total. The monoisotopic (exact) mass is 423 g/mol. The van der Waals surface area contributed by atoms with Gasteiger partial charge in [-0.2, -0.15) is 0 Å². The highest BCUT2D eigenvalue weighted by Crippen LogP contribution is 2.41. The van der Waals surface area contributed by atoms with Gasteiger partial charge in [-0.25, -0.2) is 4.79 Å². The molecule has 0 bridgehead atoms. The molecule has 1 fully saturated rings. The van der Waals surface area contributed by atoms with E-state index in [-0.39, 0.29) is 5.04 Å². The topological polar surface area (TPSA) is 166 Å². The predicted octanol–water partition coefficient (Wildman–Crippen LogP) is -0.842. The Morgan fingerprint density at radius 3 is 2.25 bits per heavy atom. The molecule has 0 radical (unpaired) electrons. The van der Waals surface area contributed by atoms with Crippen molar-refractivity contribution in [2.75, 3.05) is 6.61 Å². The van der Waals surface area contributed by atoms with Crippen LogP contribution in [-0.2, 0) is 18.8 Å². The van der Waals surface area contributed by atoms with Crippen molar-refractivity contribution in [1.29, 1.82) is 0 Å². The van der Waals surface area contributed by atoms with Gasteiger partial charge in [0.15, 0.2) is 8.32 Å².